The van der Waals surface area contributed by atoms with Gasteiger partial charge in [0.25, 0.3) is 0 Å². The molecule has 0 aliphatic heterocycles. The predicted molar refractivity (Wildman–Crippen MR) is 79.3 cm³/mol. The maximum absolute atomic E-state index is 3.71. The Balaban J connectivity index is 4.25. The third kappa shape index (κ3) is 8.43. The first-order valence-corrected chi connectivity index (χ1v) is 7.30. The van der Waals surface area contributed by atoms with E-state index in [-0.39, 0.29) is 0 Å². The van der Waals surface area contributed by atoms with Gasteiger partial charge in [0.15, 0.2) is 0 Å². The molecule has 102 valence electrons. The third-order valence-electron chi connectivity index (χ3n) is 3.35. The lowest BCUT2D eigenvalue weighted by molar-refractivity contribution is 0.326. The molecule has 0 rings (SSSR count). The number of rotatable bonds is 8. The Hall–Kier alpha value is -0.300. The Bertz CT molecular complexity index is 216. The fourth-order valence-corrected chi connectivity index (χ4v) is 2.28. The van der Waals surface area contributed by atoms with Gasteiger partial charge in [0.05, 0.1) is 0 Å². The van der Waals surface area contributed by atoms with Crippen LogP contribution in [0.5, 0.6) is 0 Å². The third-order valence-corrected chi connectivity index (χ3v) is 3.35. The summed E-state index contributed by atoms with van der Waals surface area (Å²) in [5.74, 6) is 1.44. The summed E-state index contributed by atoms with van der Waals surface area (Å²) >= 11 is 0. The van der Waals surface area contributed by atoms with Gasteiger partial charge in [-0.25, -0.2) is 0 Å². The van der Waals surface area contributed by atoms with E-state index in [1.807, 2.05) is 0 Å². The van der Waals surface area contributed by atoms with Crippen LogP contribution in [0.4, 0.5) is 0 Å². The van der Waals surface area contributed by atoms with Gasteiger partial charge in [-0.2, -0.15) is 0 Å². The van der Waals surface area contributed by atoms with E-state index in [1.165, 1.54) is 19.3 Å². The zero-order valence-electron chi connectivity index (χ0n) is 13.0. The molecule has 0 fully saturated rings. The summed E-state index contributed by atoms with van der Waals surface area (Å²) in [6.07, 6.45) is 6.15. The van der Waals surface area contributed by atoms with E-state index in [0.29, 0.717) is 18.0 Å². The maximum Gasteiger partial charge on any atom is 0.00979 e. The van der Waals surface area contributed by atoms with Crippen molar-refractivity contribution in [3.63, 3.8) is 0 Å². The summed E-state index contributed by atoms with van der Waals surface area (Å²) in [7, 11) is 0. The van der Waals surface area contributed by atoms with E-state index in [9.17, 15) is 0 Å². The molecule has 2 atom stereocenters. The average Bonchev–Trinajstić information content (AvgIpc) is 2.21. The molecule has 0 saturated carbocycles. The van der Waals surface area contributed by atoms with Crippen LogP contribution in [0.1, 0.15) is 67.7 Å². The molecule has 17 heavy (non-hydrogen) atoms. The topological polar surface area (TPSA) is 12.0 Å². The number of allylic oxidation sites excluding steroid dienone is 2. The van der Waals surface area contributed by atoms with Crippen molar-refractivity contribution >= 4 is 0 Å². The molecule has 0 amide bonds. The molecular weight excluding hydrogens is 206 g/mol. The standard InChI is InChI=1S/C16H33N/c1-8-15(7)16(17-13(4)5)10-9-14(6)11-12(2)3/h11-13,15-17H,8-10H2,1-7H3/b14-11-. The monoisotopic (exact) mass is 239 g/mol. The minimum atomic E-state index is 0.586. The second kappa shape index (κ2) is 8.74. The van der Waals surface area contributed by atoms with Crippen LogP contribution in [0.2, 0.25) is 0 Å². The molecule has 0 radical (unpaired) electrons. The lowest BCUT2D eigenvalue weighted by atomic mass is 9.92. The Morgan fingerprint density at radius 1 is 1.12 bits per heavy atom. The average molecular weight is 239 g/mol. The zero-order valence-corrected chi connectivity index (χ0v) is 13.0. The van der Waals surface area contributed by atoms with Crippen molar-refractivity contribution in [3.8, 4) is 0 Å². The molecule has 1 nitrogen and oxygen atoms in total. The lowest BCUT2D eigenvalue weighted by Crippen LogP contribution is -2.39. The fraction of sp³-hybridized carbons (Fsp3) is 0.875. The van der Waals surface area contributed by atoms with Gasteiger partial charge in [-0.15, -0.1) is 0 Å². The summed E-state index contributed by atoms with van der Waals surface area (Å²) in [6.45, 7) is 15.9. The molecule has 0 aliphatic rings. The van der Waals surface area contributed by atoms with Gasteiger partial charge in [-0.05, 0) is 31.6 Å². The second-order valence-corrected chi connectivity index (χ2v) is 6.11. The van der Waals surface area contributed by atoms with Crippen LogP contribution in [-0.4, -0.2) is 12.1 Å². The fourth-order valence-electron chi connectivity index (χ4n) is 2.28. The molecule has 1 N–H and O–H groups in total. The van der Waals surface area contributed by atoms with Crippen molar-refractivity contribution in [2.45, 2.75) is 79.8 Å². The van der Waals surface area contributed by atoms with E-state index in [4.69, 9.17) is 0 Å². The molecule has 0 bridgehead atoms. The second-order valence-electron chi connectivity index (χ2n) is 6.11. The van der Waals surface area contributed by atoms with E-state index in [0.717, 1.165) is 5.92 Å². The SMILES string of the molecule is CCC(C)C(CC/C(C)=C\C(C)C)NC(C)C. The van der Waals surface area contributed by atoms with Gasteiger partial charge in [0, 0.05) is 12.1 Å². The predicted octanol–water partition coefficient (Wildman–Crippen LogP) is 4.78. The van der Waals surface area contributed by atoms with Gasteiger partial charge < -0.3 is 5.32 Å². The first-order chi connectivity index (χ1) is 7.86. The van der Waals surface area contributed by atoms with E-state index >= 15 is 0 Å². The van der Waals surface area contributed by atoms with Crippen molar-refractivity contribution in [1.82, 2.24) is 5.32 Å². The molecule has 0 aliphatic carbocycles. The van der Waals surface area contributed by atoms with Gasteiger partial charge in [0.1, 0.15) is 0 Å². The molecule has 0 aromatic heterocycles. The first-order valence-electron chi connectivity index (χ1n) is 7.30. The van der Waals surface area contributed by atoms with Crippen LogP contribution in [0.25, 0.3) is 0 Å². The van der Waals surface area contributed by atoms with Gasteiger partial charge >= 0.3 is 0 Å². The van der Waals surface area contributed by atoms with Crippen molar-refractivity contribution in [3.05, 3.63) is 11.6 Å². The number of nitrogens with one attached hydrogen (secondary N) is 1. The van der Waals surface area contributed by atoms with Crippen molar-refractivity contribution in [2.24, 2.45) is 11.8 Å². The Labute approximate surface area is 109 Å². The highest BCUT2D eigenvalue weighted by molar-refractivity contribution is 5.00. The molecule has 0 aromatic carbocycles. The van der Waals surface area contributed by atoms with Crippen molar-refractivity contribution in [1.29, 1.82) is 0 Å². The van der Waals surface area contributed by atoms with Crippen molar-refractivity contribution < 1.29 is 0 Å². The molecule has 0 spiro atoms. The highest BCUT2D eigenvalue weighted by Crippen LogP contribution is 2.17. The minimum absolute atomic E-state index is 0.586. The zero-order chi connectivity index (χ0) is 13.4. The molecule has 0 aromatic rings. The van der Waals surface area contributed by atoms with Gasteiger partial charge in [0.2, 0.25) is 0 Å². The molecule has 0 saturated heterocycles. The Morgan fingerprint density at radius 2 is 1.71 bits per heavy atom. The number of hydrogen-bond donors (Lipinski definition) is 1. The van der Waals surface area contributed by atoms with E-state index in [2.05, 4.69) is 59.9 Å². The molecule has 1 heteroatoms. The molecular formula is C16H33N. The summed E-state index contributed by atoms with van der Waals surface area (Å²) in [4.78, 5) is 0. The van der Waals surface area contributed by atoms with Crippen molar-refractivity contribution in [2.75, 3.05) is 0 Å². The first kappa shape index (κ1) is 16.7. The van der Waals surface area contributed by atoms with Gasteiger partial charge in [-0.1, -0.05) is 59.6 Å². The van der Waals surface area contributed by atoms with Gasteiger partial charge in [-0.3, -0.25) is 0 Å². The van der Waals surface area contributed by atoms with Crippen LogP contribution < -0.4 is 5.32 Å². The smallest absolute Gasteiger partial charge is 0.00979 e. The van der Waals surface area contributed by atoms with Crippen LogP contribution in [-0.2, 0) is 0 Å². The van der Waals surface area contributed by atoms with Crippen LogP contribution in [0, 0.1) is 11.8 Å². The molecule has 0 heterocycles. The minimum Gasteiger partial charge on any atom is -0.312 e. The summed E-state index contributed by atoms with van der Waals surface area (Å²) in [6, 6.07) is 1.25. The summed E-state index contributed by atoms with van der Waals surface area (Å²) < 4.78 is 0. The summed E-state index contributed by atoms with van der Waals surface area (Å²) in [5, 5.41) is 3.71. The highest BCUT2D eigenvalue weighted by Gasteiger charge is 2.16. The maximum atomic E-state index is 3.71. The Kier molecular flexibility index (Phi) is 8.59. The van der Waals surface area contributed by atoms with E-state index < -0.39 is 0 Å². The van der Waals surface area contributed by atoms with Crippen LogP contribution in [0.15, 0.2) is 11.6 Å². The van der Waals surface area contributed by atoms with Crippen LogP contribution >= 0.6 is 0 Å². The normalized spacial score (nSPS) is 16.6. The number of hydrogen-bond acceptors (Lipinski definition) is 1. The molecule has 2 unspecified atom stereocenters. The highest BCUT2D eigenvalue weighted by atomic mass is 14.9. The quantitative estimate of drug-likeness (QED) is 0.601. The van der Waals surface area contributed by atoms with E-state index in [1.54, 1.807) is 5.57 Å². The Morgan fingerprint density at radius 3 is 2.12 bits per heavy atom. The largest absolute Gasteiger partial charge is 0.312 e. The van der Waals surface area contributed by atoms with Crippen LogP contribution in [0.3, 0.4) is 0 Å². The lowest BCUT2D eigenvalue weighted by Gasteiger charge is -2.27. The summed E-state index contributed by atoms with van der Waals surface area (Å²) in [5.41, 5.74) is 1.54.